The molecule has 0 aliphatic carbocycles. The van der Waals surface area contributed by atoms with Crippen LogP contribution in [0.3, 0.4) is 0 Å². The van der Waals surface area contributed by atoms with Gasteiger partial charge in [-0.1, -0.05) is 42.1 Å². The Morgan fingerprint density at radius 1 is 1.00 bits per heavy atom. The lowest BCUT2D eigenvalue weighted by Crippen LogP contribution is -2.20. The Morgan fingerprint density at radius 3 is 2.47 bits per heavy atom. The van der Waals surface area contributed by atoms with Crippen LogP contribution in [-0.4, -0.2) is 38.1 Å². The number of hydrogen-bond acceptors (Lipinski definition) is 7. The molecule has 3 aromatic carbocycles. The van der Waals surface area contributed by atoms with Gasteiger partial charge in [-0.3, -0.25) is 4.79 Å². The van der Waals surface area contributed by atoms with E-state index in [1.54, 1.807) is 55.8 Å². The van der Waals surface area contributed by atoms with Crippen molar-refractivity contribution in [2.75, 3.05) is 26.1 Å². The molecule has 3 rings (SSSR count). The van der Waals surface area contributed by atoms with E-state index in [1.807, 2.05) is 30.3 Å². The molecule has 0 radical (unpaired) electrons. The minimum atomic E-state index is -0.296. The summed E-state index contributed by atoms with van der Waals surface area (Å²) in [6, 6.07) is 22.3. The predicted octanol–water partition coefficient (Wildman–Crippen LogP) is 4.30. The van der Waals surface area contributed by atoms with E-state index in [4.69, 9.17) is 19.9 Å². The number of amides is 1. The summed E-state index contributed by atoms with van der Waals surface area (Å²) in [5, 5.41) is 11.2. The minimum Gasteiger partial charge on any atom is -0.497 e. The average Bonchev–Trinajstić information content (AvgIpc) is 2.87. The van der Waals surface area contributed by atoms with E-state index in [0.717, 1.165) is 16.9 Å². The summed E-state index contributed by atoms with van der Waals surface area (Å²) in [7, 11) is 3.11. The van der Waals surface area contributed by atoms with Crippen molar-refractivity contribution in [1.29, 1.82) is 0 Å². The molecule has 0 unspecified atom stereocenters. The number of thioether (sulfide) groups is 1. The van der Waals surface area contributed by atoms with Gasteiger partial charge in [0, 0.05) is 11.4 Å². The van der Waals surface area contributed by atoms with Gasteiger partial charge in [0.15, 0.2) is 23.3 Å². The molecule has 0 spiro atoms. The Bertz CT molecular complexity index is 1140. The quantitative estimate of drug-likeness (QED) is 0.256. The summed E-state index contributed by atoms with van der Waals surface area (Å²) >= 11 is 1.41. The Hall–Kier alpha value is -3.98. The monoisotopic (exact) mass is 478 g/mol. The molecule has 8 nitrogen and oxygen atoms in total. The molecule has 0 atom stereocenters. The number of amidine groups is 1. The maximum atomic E-state index is 12.2. The second-order valence-corrected chi connectivity index (χ2v) is 7.93. The highest BCUT2D eigenvalue weighted by atomic mass is 32.2. The van der Waals surface area contributed by atoms with E-state index >= 15 is 0 Å². The molecule has 0 saturated carbocycles. The van der Waals surface area contributed by atoms with E-state index in [9.17, 15) is 4.79 Å². The summed E-state index contributed by atoms with van der Waals surface area (Å²) in [6.45, 7) is -0.171. The molecular weight excluding hydrogens is 452 g/mol. The number of nitrogens with two attached hydrogens (primary N) is 1. The average molecular weight is 479 g/mol. The fourth-order valence-corrected chi connectivity index (χ4v) is 3.42. The highest BCUT2D eigenvalue weighted by Crippen LogP contribution is 2.27. The van der Waals surface area contributed by atoms with Crippen LogP contribution in [0.5, 0.6) is 17.2 Å². The zero-order chi connectivity index (χ0) is 24.2. The molecule has 1 amide bonds. The van der Waals surface area contributed by atoms with Crippen molar-refractivity contribution >= 4 is 34.7 Å². The van der Waals surface area contributed by atoms with Crippen LogP contribution in [0, 0.1) is 0 Å². The zero-order valence-electron chi connectivity index (χ0n) is 18.9. The van der Waals surface area contributed by atoms with Crippen molar-refractivity contribution in [3.05, 3.63) is 83.9 Å². The second-order valence-electron chi connectivity index (χ2n) is 6.93. The lowest BCUT2D eigenvalue weighted by atomic mass is 10.2. The van der Waals surface area contributed by atoms with Gasteiger partial charge in [-0.25, -0.2) is 0 Å². The zero-order valence-corrected chi connectivity index (χ0v) is 19.7. The van der Waals surface area contributed by atoms with Gasteiger partial charge in [-0.15, -0.1) is 5.10 Å². The van der Waals surface area contributed by atoms with Crippen LogP contribution in [0.1, 0.15) is 11.1 Å². The molecule has 0 aliphatic heterocycles. The van der Waals surface area contributed by atoms with Crippen molar-refractivity contribution in [3.63, 3.8) is 0 Å². The van der Waals surface area contributed by atoms with Crippen LogP contribution < -0.4 is 25.3 Å². The third kappa shape index (κ3) is 7.86. The summed E-state index contributed by atoms with van der Waals surface area (Å²) in [5.74, 6) is 2.04. The van der Waals surface area contributed by atoms with Gasteiger partial charge in [0.25, 0.3) is 5.91 Å². The molecular formula is C25H26N4O4S. The fraction of sp³-hybridized carbons (Fsp3) is 0.160. The molecule has 3 aromatic rings. The van der Waals surface area contributed by atoms with Crippen LogP contribution in [-0.2, 0) is 10.5 Å². The molecule has 0 bridgehead atoms. The third-order valence-electron chi connectivity index (χ3n) is 4.51. The number of hydrogen-bond donors (Lipinski definition) is 2. The number of rotatable bonds is 10. The number of anilines is 1. The summed E-state index contributed by atoms with van der Waals surface area (Å²) < 4.78 is 16.1. The first-order valence-corrected chi connectivity index (χ1v) is 11.3. The first-order valence-electron chi connectivity index (χ1n) is 10.4. The molecule has 0 aromatic heterocycles. The predicted molar refractivity (Wildman–Crippen MR) is 137 cm³/mol. The maximum Gasteiger partial charge on any atom is 0.262 e. The molecule has 0 heterocycles. The van der Waals surface area contributed by atoms with Gasteiger partial charge in [0.2, 0.25) is 0 Å². The van der Waals surface area contributed by atoms with Crippen LogP contribution in [0.4, 0.5) is 5.69 Å². The maximum absolute atomic E-state index is 12.2. The van der Waals surface area contributed by atoms with Gasteiger partial charge in [0.05, 0.1) is 20.4 Å². The van der Waals surface area contributed by atoms with Gasteiger partial charge in [-0.2, -0.15) is 5.10 Å². The topological polar surface area (TPSA) is 108 Å². The smallest absolute Gasteiger partial charge is 0.262 e. The third-order valence-corrected chi connectivity index (χ3v) is 5.37. The molecule has 0 saturated heterocycles. The number of nitrogens with one attached hydrogen (secondary N) is 1. The standard InChI is InChI=1S/C25H26N4O4S/c1-31-21-11-9-20(10-12-21)28-24(30)16-33-22-13-8-19(14-23(22)32-2)15-27-29-25(26)34-17-18-6-4-3-5-7-18/h3-15H,16-17H2,1-2H3,(H2,26,29)(H,28,30). The first-order chi connectivity index (χ1) is 16.6. The Morgan fingerprint density at radius 2 is 1.76 bits per heavy atom. The number of carbonyl (C=O) groups excluding carboxylic acids is 1. The second kappa shape index (κ2) is 12.9. The van der Waals surface area contributed by atoms with Gasteiger partial charge in [0.1, 0.15) is 5.75 Å². The van der Waals surface area contributed by atoms with E-state index in [-0.39, 0.29) is 12.5 Å². The van der Waals surface area contributed by atoms with E-state index in [0.29, 0.717) is 28.1 Å². The van der Waals surface area contributed by atoms with Crippen molar-refractivity contribution in [2.45, 2.75) is 5.75 Å². The highest BCUT2D eigenvalue weighted by molar-refractivity contribution is 8.13. The molecule has 0 fully saturated rings. The van der Waals surface area contributed by atoms with E-state index in [2.05, 4.69) is 15.5 Å². The van der Waals surface area contributed by atoms with Gasteiger partial charge >= 0.3 is 0 Å². The molecule has 176 valence electrons. The number of methoxy groups -OCH3 is 2. The molecule has 0 aliphatic rings. The lowest BCUT2D eigenvalue weighted by Gasteiger charge is -2.11. The molecule has 9 heteroatoms. The molecule has 3 N–H and O–H groups in total. The largest absolute Gasteiger partial charge is 0.497 e. The van der Waals surface area contributed by atoms with Crippen LogP contribution in [0.15, 0.2) is 83.0 Å². The molecule has 34 heavy (non-hydrogen) atoms. The Labute approximate surface area is 202 Å². The SMILES string of the molecule is COc1ccc(NC(=O)COc2ccc(C=NN=C(N)SCc3ccccc3)cc2OC)cc1. The minimum absolute atomic E-state index is 0.171. The van der Waals surface area contributed by atoms with Gasteiger partial charge in [-0.05, 0) is 53.6 Å². The number of ether oxygens (including phenoxy) is 3. The summed E-state index contributed by atoms with van der Waals surface area (Å²) in [4.78, 5) is 12.2. The summed E-state index contributed by atoms with van der Waals surface area (Å²) in [6.07, 6.45) is 1.57. The summed E-state index contributed by atoms with van der Waals surface area (Å²) in [5.41, 5.74) is 8.47. The van der Waals surface area contributed by atoms with Gasteiger partial charge < -0.3 is 25.3 Å². The van der Waals surface area contributed by atoms with Crippen molar-refractivity contribution in [2.24, 2.45) is 15.9 Å². The van der Waals surface area contributed by atoms with Crippen molar-refractivity contribution in [3.8, 4) is 17.2 Å². The van der Waals surface area contributed by atoms with E-state index < -0.39 is 0 Å². The fourth-order valence-electron chi connectivity index (χ4n) is 2.81. The van der Waals surface area contributed by atoms with Crippen molar-refractivity contribution in [1.82, 2.24) is 0 Å². The first kappa shape index (κ1) is 24.7. The van der Waals surface area contributed by atoms with E-state index in [1.165, 1.54) is 18.9 Å². The van der Waals surface area contributed by atoms with Crippen LogP contribution in [0.25, 0.3) is 0 Å². The number of benzene rings is 3. The van der Waals surface area contributed by atoms with Crippen molar-refractivity contribution < 1.29 is 19.0 Å². The normalized spacial score (nSPS) is 11.3. The van der Waals surface area contributed by atoms with Crippen LogP contribution in [0.2, 0.25) is 0 Å². The Balaban J connectivity index is 1.52. The Kier molecular flexibility index (Phi) is 9.36. The van der Waals surface area contributed by atoms with Crippen LogP contribution >= 0.6 is 11.8 Å². The number of carbonyl (C=O) groups is 1. The highest BCUT2D eigenvalue weighted by Gasteiger charge is 2.09. The number of nitrogens with zero attached hydrogens (tertiary/aromatic N) is 2. The lowest BCUT2D eigenvalue weighted by molar-refractivity contribution is -0.118.